The van der Waals surface area contributed by atoms with Crippen molar-refractivity contribution >= 4 is 45.1 Å². The van der Waals surface area contributed by atoms with Crippen molar-refractivity contribution in [2.24, 2.45) is 0 Å². The Hall–Kier alpha value is -2.93. The second-order valence-corrected chi connectivity index (χ2v) is 8.06. The Balaban J connectivity index is 1.29. The fraction of sp³-hybridized carbons (Fsp3) is 0.348. The summed E-state index contributed by atoms with van der Waals surface area (Å²) in [6.45, 7) is 1.96. The van der Waals surface area contributed by atoms with Crippen LogP contribution in [-0.2, 0) is 0 Å². The number of benzene rings is 2. The molecule has 0 bridgehead atoms. The Morgan fingerprint density at radius 1 is 0.933 bits per heavy atom. The molecule has 1 aromatic heterocycles. The molecule has 0 radical (unpaired) electrons. The first-order chi connectivity index (χ1) is 14.7. The summed E-state index contributed by atoms with van der Waals surface area (Å²) < 4.78 is 11.3. The highest BCUT2D eigenvalue weighted by Gasteiger charge is 2.14. The van der Waals surface area contributed by atoms with E-state index in [9.17, 15) is 0 Å². The van der Waals surface area contributed by atoms with E-state index in [1.54, 1.807) is 5.57 Å². The van der Waals surface area contributed by atoms with Gasteiger partial charge in [0.1, 0.15) is 13.2 Å². The van der Waals surface area contributed by atoms with Crippen LogP contribution >= 0.6 is 12.2 Å². The lowest BCUT2D eigenvalue weighted by atomic mass is 9.97. The maximum Gasteiger partial charge on any atom is 0.170 e. The predicted octanol–water partition coefficient (Wildman–Crippen LogP) is 4.73. The van der Waals surface area contributed by atoms with Gasteiger partial charge in [-0.25, -0.2) is 9.97 Å². The lowest BCUT2D eigenvalue weighted by Crippen LogP contribution is -2.29. The van der Waals surface area contributed by atoms with Gasteiger partial charge in [-0.1, -0.05) is 11.6 Å². The van der Waals surface area contributed by atoms with E-state index in [-0.39, 0.29) is 0 Å². The molecule has 0 saturated carbocycles. The lowest BCUT2D eigenvalue weighted by molar-refractivity contribution is 0.172. The minimum Gasteiger partial charge on any atom is -0.486 e. The molecule has 0 spiro atoms. The van der Waals surface area contributed by atoms with Crippen molar-refractivity contribution in [3.05, 3.63) is 42.0 Å². The summed E-state index contributed by atoms with van der Waals surface area (Å²) in [6.07, 6.45) is 8.49. The molecule has 1 aliphatic carbocycles. The molecule has 0 amide bonds. The monoisotopic (exact) mass is 420 g/mol. The Bertz CT molecular complexity index is 1140. The van der Waals surface area contributed by atoms with Gasteiger partial charge in [0.05, 0.1) is 22.1 Å². The molecule has 3 aromatic rings. The van der Waals surface area contributed by atoms with Gasteiger partial charge in [-0.3, -0.25) is 0 Å². The Labute approximate surface area is 180 Å². The molecule has 30 heavy (non-hydrogen) atoms. The molecule has 2 heterocycles. The summed E-state index contributed by atoms with van der Waals surface area (Å²) in [7, 11) is 0. The molecular weight excluding hydrogens is 396 g/mol. The van der Waals surface area contributed by atoms with Crippen molar-refractivity contribution in [3.8, 4) is 11.5 Å². The van der Waals surface area contributed by atoms with E-state index < -0.39 is 0 Å². The number of fused-ring (bicyclic) bond motifs is 3. The van der Waals surface area contributed by atoms with Crippen LogP contribution in [0.2, 0.25) is 0 Å². The summed E-state index contributed by atoms with van der Waals surface area (Å²) >= 11 is 5.46. The first-order valence-corrected chi connectivity index (χ1v) is 10.9. The molecule has 1 aliphatic heterocycles. The van der Waals surface area contributed by atoms with E-state index >= 15 is 0 Å². The molecule has 2 N–H and O–H groups in total. The minimum atomic E-state index is 0.551. The summed E-state index contributed by atoms with van der Waals surface area (Å²) in [5.41, 5.74) is 5.64. The Morgan fingerprint density at radius 3 is 2.40 bits per heavy atom. The second kappa shape index (κ2) is 8.44. The van der Waals surface area contributed by atoms with Crippen molar-refractivity contribution in [2.45, 2.75) is 32.1 Å². The maximum absolute atomic E-state index is 5.67. The van der Waals surface area contributed by atoms with E-state index in [1.807, 2.05) is 30.3 Å². The van der Waals surface area contributed by atoms with Crippen LogP contribution in [0.5, 0.6) is 11.5 Å². The average Bonchev–Trinajstić information content (AvgIpc) is 2.77. The van der Waals surface area contributed by atoms with Gasteiger partial charge in [0, 0.05) is 24.4 Å². The third kappa shape index (κ3) is 4.16. The topological polar surface area (TPSA) is 68.3 Å². The van der Waals surface area contributed by atoms with Crippen molar-refractivity contribution in [1.82, 2.24) is 15.3 Å². The Morgan fingerprint density at radius 2 is 1.67 bits per heavy atom. The van der Waals surface area contributed by atoms with Gasteiger partial charge in [-0.05, 0) is 62.5 Å². The molecule has 0 fully saturated rings. The molecular formula is C23H24N4O2S. The first kappa shape index (κ1) is 19.1. The van der Waals surface area contributed by atoms with Crippen LogP contribution in [0.15, 0.2) is 42.0 Å². The number of rotatable bonds is 4. The van der Waals surface area contributed by atoms with Gasteiger partial charge >= 0.3 is 0 Å². The number of allylic oxidation sites excluding steroid dienone is 1. The summed E-state index contributed by atoms with van der Waals surface area (Å²) in [5, 5.41) is 7.19. The molecule has 0 atom stereocenters. The number of hydrogen-bond donors (Lipinski definition) is 2. The molecule has 0 unspecified atom stereocenters. The van der Waals surface area contributed by atoms with Crippen molar-refractivity contribution < 1.29 is 9.47 Å². The van der Waals surface area contributed by atoms with Gasteiger partial charge in [-0.15, -0.1) is 0 Å². The third-order valence-electron chi connectivity index (χ3n) is 5.47. The van der Waals surface area contributed by atoms with E-state index in [1.165, 1.54) is 25.7 Å². The van der Waals surface area contributed by atoms with Crippen molar-refractivity contribution in [1.29, 1.82) is 0 Å². The van der Waals surface area contributed by atoms with Gasteiger partial charge in [0.25, 0.3) is 0 Å². The van der Waals surface area contributed by atoms with Crippen LogP contribution in [0.25, 0.3) is 22.1 Å². The minimum absolute atomic E-state index is 0.551. The number of anilines is 1. The van der Waals surface area contributed by atoms with Crippen LogP contribution < -0.4 is 20.1 Å². The van der Waals surface area contributed by atoms with Crippen LogP contribution in [0.1, 0.15) is 32.1 Å². The number of ether oxygens (including phenoxy) is 2. The highest BCUT2D eigenvalue weighted by atomic mass is 32.1. The smallest absolute Gasteiger partial charge is 0.170 e. The van der Waals surface area contributed by atoms with Crippen LogP contribution in [0.4, 0.5) is 5.69 Å². The Kier molecular flexibility index (Phi) is 5.36. The van der Waals surface area contributed by atoms with Crippen LogP contribution in [0, 0.1) is 0 Å². The van der Waals surface area contributed by atoms with E-state index in [2.05, 4.69) is 16.7 Å². The fourth-order valence-electron chi connectivity index (χ4n) is 3.93. The number of nitrogens with zero attached hydrogens (tertiary/aromatic N) is 2. The van der Waals surface area contributed by atoms with Crippen LogP contribution in [-0.4, -0.2) is 34.8 Å². The van der Waals surface area contributed by atoms with Gasteiger partial charge < -0.3 is 20.1 Å². The summed E-state index contributed by atoms with van der Waals surface area (Å²) in [6, 6.07) is 9.68. The maximum atomic E-state index is 5.67. The largest absolute Gasteiger partial charge is 0.486 e. The number of nitrogens with one attached hydrogen (secondary N) is 2. The van der Waals surface area contributed by atoms with E-state index in [0.717, 1.165) is 52.2 Å². The van der Waals surface area contributed by atoms with Crippen molar-refractivity contribution in [3.63, 3.8) is 0 Å². The third-order valence-corrected chi connectivity index (χ3v) is 5.72. The van der Waals surface area contributed by atoms with E-state index in [0.29, 0.717) is 18.3 Å². The SMILES string of the molecule is S=C(NCCC1=CCCCC1)Nc1ccc2nc3cc4c(cc3nc2c1)OCCO4. The molecule has 2 aliphatic rings. The zero-order valence-electron chi connectivity index (χ0n) is 16.7. The van der Waals surface area contributed by atoms with Crippen LogP contribution in [0.3, 0.4) is 0 Å². The van der Waals surface area contributed by atoms with Gasteiger partial charge in [0.15, 0.2) is 16.6 Å². The molecule has 154 valence electrons. The highest BCUT2D eigenvalue weighted by Crippen LogP contribution is 2.34. The standard InChI is InChI=1S/C23H24N4O2S/c30-23(24-9-8-15-4-2-1-3-5-15)25-16-6-7-17-18(12-16)27-20-14-22-21(13-19(20)26-17)28-10-11-29-22/h4,6-7,12-14H,1-3,5,8-11H2,(H2,24,25,30). The molecule has 6 nitrogen and oxygen atoms in total. The normalized spacial score (nSPS) is 15.7. The van der Waals surface area contributed by atoms with Gasteiger partial charge in [0.2, 0.25) is 0 Å². The second-order valence-electron chi connectivity index (χ2n) is 7.65. The zero-order valence-corrected chi connectivity index (χ0v) is 17.6. The summed E-state index contributed by atoms with van der Waals surface area (Å²) in [5.74, 6) is 1.44. The predicted molar refractivity (Wildman–Crippen MR) is 123 cm³/mol. The average molecular weight is 421 g/mol. The molecule has 7 heteroatoms. The number of hydrogen-bond acceptors (Lipinski definition) is 5. The highest BCUT2D eigenvalue weighted by molar-refractivity contribution is 7.80. The molecule has 2 aromatic carbocycles. The summed E-state index contributed by atoms with van der Waals surface area (Å²) in [4.78, 5) is 9.49. The van der Waals surface area contributed by atoms with Gasteiger partial charge in [-0.2, -0.15) is 0 Å². The molecule has 5 rings (SSSR count). The van der Waals surface area contributed by atoms with Crippen molar-refractivity contribution in [2.75, 3.05) is 25.1 Å². The number of aromatic nitrogens is 2. The first-order valence-electron chi connectivity index (χ1n) is 10.5. The number of thiocarbonyl (C=S) groups is 1. The molecule has 0 saturated heterocycles. The van der Waals surface area contributed by atoms with E-state index in [4.69, 9.17) is 31.7 Å². The zero-order chi connectivity index (χ0) is 20.3. The quantitative estimate of drug-likeness (QED) is 0.359. The fourth-order valence-corrected chi connectivity index (χ4v) is 4.15. The lowest BCUT2D eigenvalue weighted by Gasteiger charge is -2.18.